The molecule has 0 rings (SSSR count). The van der Waals surface area contributed by atoms with Crippen molar-refractivity contribution >= 4 is 11.9 Å². The average molecular weight is 216 g/mol. The highest BCUT2D eigenvalue weighted by Crippen LogP contribution is 1.88. The van der Waals surface area contributed by atoms with Crippen LogP contribution >= 0.6 is 0 Å². The van der Waals surface area contributed by atoms with Crippen molar-refractivity contribution in [2.24, 2.45) is 0 Å². The zero-order valence-electron chi connectivity index (χ0n) is 9.47. The van der Waals surface area contributed by atoms with E-state index in [1.165, 1.54) is 0 Å². The van der Waals surface area contributed by atoms with Gasteiger partial charge in [0, 0.05) is 20.0 Å². The molecule has 0 fully saturated rings. The van der Waals surface area contributed by atoms with Crippen molar-refractivity contribution in [2.45, 2.75) is 26.2 Å². The number of hydrogen-bond acceptors (Lipinski definition) is 4. The average Bonchev–Trinajstić information content (AvgIpc) is 2.24. The van der Waals surface area contributed by atoms with Crippen molar-refractivity contribution in [1.82, 2.24) is 10.6 Å². The first kappa shape index (κ1) is 13.9. The molecule has 0 aliphatic rings. The molecule has 1 amide bonds. The van der Waals surface area contributed by atoms with Crippen LogP contribution < -0.4 is 10.6 Å². The summed E-state index contributed by atoms with van der Waals surface area (Å²) >= 11 is 0. The van der Waals surface area contributed by atoms with Gasteiger partial charge in [-0.05, 0) is 6.42 Å². The summed E-state index contributed by atoms with van der Waals surface area (Å²) in [5.74, 6) is -0.304. The Bertz CT molecular complexity index is 195. The number of rotatable bonds is 8. The molecule has 0 atom stereocenters. The number of carbonyl (C=O) groups is 2. The van der Waals surface area contributed by atoms with Crippen LogP contribution in [-0.4, -0.2) is 38.6 Å². The molecule has 0 unspecified atom stereocenters. The van der Waals surface area contributed by atoms with Gasteiger partial charge in [0.15, 0.2) is 0 Å². The Morgan fingerprint density at radius 3 is 2.67 bits per heavy atom. The van der Waals surface area contributed by atoms with Crippen LogP contribution in [0.25, 0.3) is 0 Å². The van der Waals surface area contributed by atoms with E-state index in [1.54, 1.807) is 7.05 Å². The first-order valence-corrected chi connectivity index (χ1v) is 5.27. The maximum atomic E-state index is 11.0. The summed E-state index contributed by atoms with van der Waals surface area (Å²) in [6.07, 6.45) is 2.28. The molecule has 0 saturated heterocycles. The van der Waals surface area contributed by atoms with Gasteiger partial charge >= 0.3 is 5.97 Å². The highest BCUT2D eigenvalue weighted by Gasteiger charge is 2.02. The number of ether oxygens (including phenoxy) is 1. The van der Waals surface area contributed by atoms with E-state index in [2.05, 4.69) is 10.6 Å². The maximum Gasteiger partial charge on any atom is 0.319 e. The van der Waals surface area contributed by atoms with E-state index in [-0.39, 0.29) is 18.4 Å². The molecular formula is C10H20N2O3. The molecule has 0 aromatic heterocycles. The lowest BCUT2D eigenvalue weighted by atomic mass is 10.4. The summed E-state index contributed by atoms with van der Waals surface area (Å²) in [5.41, 5.74) is 0. The minimum Gasteiger partial charge on any atom is -0.465 e. The number of unbranched alkanes of at least 4 members (excludes halogenated alkanes) is 1. The van der Waals surface area contributed by atoms with Crippen molar-refractivity contribution in [2.75, 3.05) is 26.7 Å². The Morgan fingerprint density at radius 1 is 1.33 bits per heavy atom. The molecule has 0 spiro atoms. The summed E-state index contributed by atoms with van der Waals surface area (Å²) in [7, 11) is 1.58. The van der Waals surface area contributed by atoms with Crippen molar-refractivity contribution < 1.29 is 14.3 Å². The predicted molar refractivity (Wildman–Crippen MR) is 57.4 cm³/mol. The Balaban J connectivity index is 3.27. The minimum atomic E-state index is -0.264. The number of carbonyl (C=O) groups excluding carboxylic acids is 2. The smallest absolute Gasteiger partial charge is 0.319 e. The van der Waals surface area contributed by atoms with Gasteiger partial charge in [-0.2, -0.15) is 0 Å². The van der Waals surface area contributed by atoms with Crippen LogP contribution in [0.2, 0.25) is 0 Å². The molecule has 0 aliphatic carbocycles. The van der Waals surface area contributed by atoms with E-state index in [9.17, 15) is 9.59 Å². The number of nitrogens with one attached hydrogen (secondary N) is 2. The van der Waals surface area contributed by atoms with E-state index >= 15 is 0 Å². The Hall–Kier alpha value is -1.10. The Morgan fingerprint density at radius 2 is 2.07 bits per heavy atom. The lowest BCUT2D eigenvalue weighted by Gasteiger charge is -2.05. The quantitative estimate of drug-likeness (QED) is 0.444. The number of esters is 1. The summed E-state index contributed by atoms with van der Waals surface area (Å²) in [6.45, 7) is 3.17. The summed E-state index contributed by atoms with van der Waals surface area (Å²) < 4.78 is 4.91. The van der Waals surface area contributed by atoms with Crippen LogP contribution in [0.15, 0.2) is 0 Å². The highest BCUT2D eigenvalue weighted by atomic mass is 16.5. The fraction of sp³-hybridized carbons (Fsp3) is 0.800. The lowest BCUT2D eigenvalue weighted by Crippen LogP contribution is -2.29. The van der Waals surface area contributed by atoms with Crippen LogP contribution in [0.1, 0.15) is 26.2 Å². The fourth-order valence-corrected chi connectivity index (χ4v) is 0.899. The van der Waals surface area contributed by atoms with Crippen LogP contribution in [0, 0.1) is 0 Å². The van der Waals surface area contributed by atoms with Crippen LogP contribution in [0.3, 0.4) is 0 Å². The Kier molecular flexibility index (Phi) is 8.76. The topological polar surface area (TPSA) is 67.4 Å². The predicted octanol–water partition coefficient (Wildman–Crippen LogP) is 0.0554. The largest absolute Gasteiger partial charge is 0.465 e. The second kappa shape index (κ2) is 9.45. The van der Waals surface area contributed by atoms with Gasteiger partial charge in [0.05, 0.1) is 13.2 Å². The molecule has 0 aromatic carbocycles. The minimum absolute atomic E-state index is 0.0400. The van der Waals surface area contributed by atoms with Gasteiger partial charge in [0.1, 0.15) is 0 Å². The summed E-state index contributed by atoms with van der Waals surface area (Å²) in [6, 6.07) is 0. The van der Waals surface area contributed by atoms with Gasteiger partial charge in [0.2, 0.25) is 5.91 Å². The molecule has 0 radical (unpaired) electrons. The van der Waals surface area contributed by atoms with E-state index < -0.39 is 0 Å². The van der Waals surface area contributed by atoms with Crippen molar-refractivity contribution in [3.63, 3.8) is 0 Å². The monoisotopic (exact) mass is 216 g/mol. The normalized spacial score (nSPS) is 9.73. The molecule has 0 saturated carbocycles. The molecule has 0 aromatic rings. The van der Waals surface area contributed by atoms with E-state index in [0.29, 0.717) is 19.6 Å². The van der Waals surface area contributed by atoms with Crippen molar-refractivity contribution in [1.29, 1.82) is 0 Å². The first-order chi connectivity index (χ1) is 7.20. The van der Waals surface area contributed by atoms with Crippen molar-refractivity contribution in [3.05, 3.63) is 0 Å². The molecule has 0 bridgehead atoms. The molecule has 88 valence electrons. The molecular weight excluding hydrogens is 196 g/mol. The van der Waals surface area contributed by atoms with Gasteiger partial charge in [-0.25, -0.2) is 0 Å². The van der Waals surface area contributed by atoms with Gasteiger partial charge in [-0.15, -0.1) is 0 Å². The standard InChI is InChI=1S/C10H20N2O3/c1-3-4-7-15-10(14)8-12-6-5-9(13)11-2/h12H,3-8H2,1-2H3,(H,11,13). The maximum absolute atomic E-state index is 11.0. The molecule has 0 aliphatic heterocycles. The van der Waals surface area contributed by atoms with Crippen LogP contribution in [0.4, 0.5) is 0 Å². The van der Waals surface area contributed by atoms with Crippen LogP contribution in [-0.2, 0) is 14.3 Å². The lowest BCUT2D eigenvalue weighted by molar-refractivity contribution is -0.142. The van der Waals surface area contributed by atoms with Gasteiger partial charge in [-0.1, -0.05) is 13.3 Å². The number of hydrogen-bond donors (Lipinski definition) is 2. The number of amides is 1. The van der Waals surface area contributed by atoms with E-state index in [1.807, 2.05) is 6.92 Å². The third kappa shape index (κ3) is 9.21. The second-order valence-corrected chi connectivity index (χ2v) is 3.17. The molecule has 5 nitrogen and oxygen atoms in total. The molecule has 0 heterocycles. The molecule has 2 N–H and O–H groups in total. The molecule has 5 heteroatoms. The van der Waals surface area contributed by atoms with Gasteiger partial charge in [-0.3, -0.25) is 9.59 Å². The Labute approximate surface area is 90.6 Å². The van der Waals surface area contributed by atoms with Gasteiger partial charge < -0.3 is 15.4 Å². The summed E-state index contributed by atoms with van der Waals surface area (Å²) in [5, 5.41) is 5.34. The van der Waals surface area contributed by atoms with E-state index in [4.69, 9.17) is 4.74 Å². The van der Waals surface area contributed by atoms with Crippen molar-refractivity contribution in [3.8, 4) is 0 Å². The zero-order valence-corrected chi connectivity index (χ0v) is 9.47. The first-order valence-electron chi connectivity index (χ1n) is 5.27. The third-order valence-corrected chi connectivity index (χ3v) is 1.84. The van der Waals surface area contributed by atoms with Gasteiger partial charge in [0.25, 0.3) is 0 Å². The van der Waals surface area contributed by atoms with E-state index in [0.717, 1.165) is 12.8 Å². The highest BCUT2D eigenvalue weighted by molar-refractivity contribution is 5.76. The van der Waals surface area contributed by atoms with Crippen LogP contribution in [0.5, 0.6) is 0 Å². The SMILES string of the molecule is CCCCOC(=O)CNCCC(=O)NC. The summed E-state index contributed by atoms with van der Waals surface area (Å²) in [4.78, 5) is 21.8. The molecule has 15 heavy (non-hydrogen) atoms. The fourth-order valence-electron chi connectivity index (χ4n) is 0.899. The zero-order chi connectivity index (χ0) is 11.5. The third-order valence-electron chi connectivity index (χ3n) is 1.84. The second-order valence-electron chi connectivity index (χ2n) is 3.17.